The van der Waals surface area contributed by atoms with Crippen LogP contribution in [0, 0.1) is 10.1 Å². The summed E-state index contributed by atoms with van der Waals surface area (Å²) < 4.78 is 0. The molecule has 1 aliphatic rings. The molecule has 0 spiro atoms. The number of carbonyl (C=O) groups excluding carboxylic acids is 1. The van der Waals surface area contributed by atoms with E-state index in [0.717, 1.165) is 17.7 Å². The summed E-state index contributed by atoms with van der Waals surface area (Å²) in [5.74, 6) is 0.171. The molecule has 0 aromatic heterocycles. The van der Waals surface area contributed by atoms with Crippen LogP contribution < -0.4 is 11.1 Å². The third-order valence-corrected chi connectivity index (χ3v) is 3.93. The van der Waals surface area contributed by atoms with Gasteiger partial charge < -0.3 is 11.1 Å². The molecule has 6 nitrogen and oxygen atoms in total. The first-order valence-corrected chi connectivity index (χ1v) is 6.97. The second-order valence-corrected chi connectivity index (χ2v) is 5.55. The first kappa shape index (κ1) is 13.8. The van der Waals surface area contributed by atoms with Crippen LogP contribution in [0.15, 0.2) is 29.2 Å². The molecule has 1 aliphatic carbocycles. The van der Waals surface area contributed by atoms with Crippen molar-refractivity contribution in [2.75, 3.05) is 5.75 Å². The SMILES string of the molecule is NC(=O)C(CSc1ccc([N+](=O)[O-])cc1)NC1CC1. The molecule has 1 saturated carbocycles. The minimum absolute atomic E-state index is 0.0620. The minimum Gasteiger partial charge on any atom is -0.368 e. The van der Waals surface area contributed by atoms with Crippen molar-refractivity contribution < 1.29 is 9.72 Å². The monoisotopic (exact) mass is 281 g/mol. The molecule has 1 fully saturated rings. The van der Waals surface area contributed by atoms with Crippen molar-refractivity contribution in [1.82, 2.24) is 5.32 Å². The summed E-state index contributed by atoms with van der Waals surface area (Å²) in [7, 11) is 0. The maximum absolute atomic E-state index is 11.3. The molecule has 1 atom stereocenters. The van der Waals surface area contributed by atoms with Gasteiger partial charge in [0, 0.05) is 28.8 Å². The lowest BCUT2D eigenvalue weighted by molar-refractivity contribution is -0.384. The second-order valence-electron chi connectivity index (χ2n) is 4.46. The number of hydrogen-bond acceptors (Lipinski definition) is 5. The third kappa shape index (κ3) is 4.22. The average molecular weight is 281 g/mol. The summed E-state index contributed by atoms with van der Waals surface area (Å²) in [6.45, 7) is 0. The molecule has 1 amide bonds. The number of benzene rings is 1. The van der Waals surface area contributed by atoms with Crippen LogP contribution >= 0.6 is 11.8 Å². The van der Waals surface area contributed by atoms with E-state index in [-0.39, 0.29) is 17.6 Å². The molecule has 0 heterocycles. The quantitative estimate of drug-likeness (QED) is 0.446. The van der Waals surface area contributed by atoms with Gasteiger partial charge in [-0.2, -0.15) is 0 Å². The predicted octanol–water partition coefficient (Wildman–Crippen LogP) is 1.29. The molecule has 1 unspecified atom stereocenters. The van der Waals surface area contributed by atoms with E-state index in [4.69, 9.17) is 5.73 Å². The number of carbonyl (C=O) groups is 1. The molecule has 2 rings (SSSR count). The highest BCUT2D eigenvalue weighted by atomic mass is 32.2. The highest BCUT2D eigenvalue weighted by Gasteiger charge is 2.27. The molecular weight excluding hydrogens is 266 g/mol. The maximum atomic E-state index is 11.3. The number of nitro groups is 1. The first-order valence-electron chi connectivity index (χ1n) is 5.99. The summed E-state index contributed by atoms with van der Waals surface area (Å²) in [6.07, 6.45) is 2.18. The summed E-state index contributed by atoms with van der Waals surface area (Å²) in [6, 6.07) is 6.32. The van der Waals surface area contributed by atoms with Crippen molar-refractivity contribution in [2.45, 2.75) is 29.8 Å². The Kier molecular flexibility index (Phi) is 4.39. The van der Waals surface area contributed by atoms with Gasteiger partial charge in [0.05, 0.1) is 11.0 Å². The summed E-state index contributed by atoms with van der Waals surface area (Å²) in [5, 5.41) is 13.7. The number of nitrogens with two attached hydrogens (primary N) is 1. The predicted molar refractivity (Wildman–Crippen MR) is 73.0 cm³/mol. The van der Waals surface area contributed by atoms with Gasteiger partial charge in [0.25, 0.3) is 5.69 Å². The molecule has 0 aliphatic heterocycles. The van der Waals surface area contributed by atoms with Gasteiger partial charge in [-0.25, -0.2) is 0 Å². The van der Waals surface area contributed by atoms with Crippen molar-refractivity contribution >= 4 is 23.4 Å². The fourth-order valence-electron chi connectivity index (χ4n) is 1.59. The number of nitrogens with zero attached hydrogens (tertiary/aromatic N) is 1. The molecular formula is C12H15N3O3S. The van der Waals surface area contributed by atoms with E-state index >= 15 is 0 Å². The molecule has 0 saturated heterocycles. The lowest BCUT2D eigenvalue weighted by Gasteiger charge is -2.14. The molecule has 0 radical (unpaired) electrons. The standard InChI is InChI=1S/C12H15N3O3S/c13-12(16)11(14-8-1-2-8)7-19-10-5-3-9(4-6-10)15(17)18/h3-6,8,11,14H,1-2,7H2,(H2,13,16). The van der Waals surface area contributed by atoms with Gasteiger partial charge in [-0.05, 0) is 25.0 Å². The summed E-state index contributed by atoms with van der Waals surface area (Å²) in [4.78, 5) is 22.3. The molecule has 3 N–H and O–H groups in total. The van der Waals surface area contributed by atoms with Crippen LogP contribution in [-0.4, -0.2) is 28.7 Å². The van der Waals surface area contributed by atoms with Crippen LogP contribution in [-0.2, 0) is 4.79 Å². The fraction of sp³-hybridized carbons (Fsp3) is 0.417. The highest BCUT2D eigenvalue weighted by molar-refractivity contribution is 7.99. The van der Waals surface area contributed by atoms with Crippen LogP contribution in [0.3, 0.4) is 0 Å². The maximum Gasteiger partial charge on any atom is 0.269 e. The Bertz CT molecular complexity index is 474. The Morgan fingerprint density at radius 3 is 2.58 bits per heavy atom. The van der Waals surface area contributed by atoms with Crippen molar-refractivity contribution in [3.8, 4) is 0 Å². The summed E-state index contributed by atoms with van der Waals surface area (Å²) >= 11 is 1.46. The lowest BCUT2D eigenvalue weighted by atomic mass is 10.3. The zero-order chi connectivity index (χ0) is 13.8. The van der Waals surface area contributed by atoms with Gasteiger partial charge in [0.15, 0.2) is 0 Å². The molecule has 102 valence electrons. The fourth-order valence-corrected chi connectivity index (χ4v) is 2.54. The Morgan fingerprint density at radius 2 is 2.11 bits per heavy atom. The number of nitro benzene ring substituents is 1. The highest BCUT2D eigenvalue weighted by Crippen LogP contribution is 2.24. The van der Waals surface area contributed by atoms with E-state index in [1.165, 1.54) is 23.9 Å². The van der Waals surface area contributed by atoms with E-state index in [1.54, 1.807) is 12.1 Å². The van der Waals surface area contributed by atoms with Crippen LogP contribution in [0.25, 0.3) is 0 Å². The molecule has 1 aromatic carbocycles. The number of rotatable bonds is 7. The molecule has 0 bridgehead atoms. The van der Waals surface area contributed by atoms with Crippen LogP contribution in [0.1, 0.15) is 12.8 Å². The van der Waals surface area contributed by atoms with E-state index in [0.29, 0.717) is 11.8 Å². The van der Waals surface area contributed by atoms with Crippen molar-refractivity contribution in [2.24, 2.45) is 5.73 Å². The van der Waals surface area contributed by atoms with Crippen LogP contribution in [0.4, 0.5) is 5.69 Å². The molecule has 19 heavy (non-hydrogen) atoms. The first-order chi connectivity index (χ1) is 9.06. The number of primary amides is 1. The lowest BCUT2D eigenvalue weighted by Crippen LogP contribution is -2.44. The van der Waals surface area contributed by atoms with E-state index in [2.05, 4.69) is 5.32 Å². The molecule has 1 aromatic rings. The van der Waals surface area contributed by atoms with Crippen molar-refractivity contribution in [3.05, 3.63) is 34.4 Å². The van der Waals surface area contributed by atoms with E-state index in [1.807, 2.05) is 0 Å². The average Bonchev–Trinajstić information content (AvgIpc) is 3.18. The van der Waals surface area contributed by atoms with Crippen molar-refractivity contribution in [1.29, 1.82) is 0 Å². The Balaban J connectivity index is 1.88. The zero-order valence-corrected chi connectivity index (χ0v) is 11.1. The number of thioether (sulfide) groups is 1. The van der Waals surface area contributed by atoms with Gasteiger partial charge >= 0.3 is 0 Å². The number of amides is 1. The Morgan fingerprint density at radius 1 is 1.47 bits per heavy atom. The number of non-ortho nitro benzene ring substituents is 1. The van der Waals surface area contributed by atoms with Gasteiger partial charge in [0.1, 0.15) is 0 Å². The van der Waals surface area contributed by atoms with Crippen LogP contribution in [0.2, 0.25) is 0 Å². The third-order valence-electron chi connectivity index (χ3n) is 2.82. The van der Waals surface area contributed by atoms with Gasteiger partial charge in [-0.1, -0.05) is 0 Å². The van der Waals surface area contributed by atoms with Gasteiger partial charge in [0.2, 0.25) is 5.91 Å². The Labute approximate surface area is 114 Å². The van der Waals surface area contributed by atoms with Crippen molar-refractivity contribution in [3.63, 3.8) is 0 Å². The number of hydrogen-bond donors (Lipinski definition) is 2. The van der Waals surface area contributed by atoms with Gasteiger partial charge in [-0.15, -0.1) is 11.8 Å². The number of nitrogens with one attached hydrogen (secondary N) is 1. The normalized spacial score (nSPS) is 16.0. The molecule has 7 heteroatoms. The summed E-state index contributed by atoms with van der Waals surface area (Å²) in [5.41, 5.74) is 5.40. The van der Waals surface area contributed by atoms with Gasteiger partial charge in [-0.3, -0.25) is 14.9 Å². The zero-order valence-electron chi connectivity index (χ0n) is 10.2. The topological polar surface area (TPSA) is 98.3 Å². The smallest absolute Gasteiger partial charge is 0.269 e. The minimum atomic E-state index is -0.435. The largest absolute Gasteiger partial charge is 0.368 e. The van der Waals surface area contributed by atoms with Crippen LogP contribution in [0.5, 0.6) is 0 Å². The Hall–Kier alpha value is -1.60. The van der Waals surface area contributed by atoms with E-state index < -0.39 is 4.92 Å². The van der Waals surface area contributed by atoms with E-state index in [9.17, 15) is 14.9 Å². The second kappa shape index (κ2) is 6.03.